The fourth-order valence-corrected chi connectivity index (χ4v) is 6.74. The summed E-state index contributed by atoms with van der Waals surface area (Å²) in [6.07, 6.45) is 5.83. The summed E-state index contributed by atoms with van der Waals surface area (Å²) in [4.78, 5) is 28.6. The molecule has 1 saturated carbocycles. The number of carbonyl (C=O) groups is 2. The van der Waals surface area contributed by atoms with Crippen LogP contribution in [0.2, 0.25) is 10.0 Å². The van der Waals surface area contributed by atoms with Gasteiger partial charge in [-0.25, -0.2) is 8.42 Å². The first-order valence-corrected chi connectivity index (χ1v) is 16.6. The molecule has 2 amide bonds. The highest BCUT2D eigenvalue weighted by Gasteiger charge is 2.31. The zero-order valence-electron chi connectivity index (χ0n) is 23.4. The van der Waals surface area contributed by atoms with Crippen molar-refractivity contribution in [2.24, 2.45) is 0 Å². The van der Waals surface area contributed by atoms with Crippen molar-refractivity contribution in [1.82, 2.24) is 10.2 Å². The van der Waals surface area contributed by atoms with Gasteiger partial charge in [0.15, 0.2) is 11.5 Å². The van der Waals surface area contributed by atoms with E-state index in [9.17, 15) is 18.0 Å². The molecule has 1 N–H and O–H groups in total. The maximum Gasteiger partial charge on any atom is 0.243 e. The number of ether oxygens (including phenoxy) is 2. The van der Waals surface area contributed by atoms with E-state index in [1.165, 1.54) is 4.31 Å². The lowest BCUT2D eigenvalue weighted by atomic mass is 10.1. The molecule has 1 aliphatic heterocycles. The van der Waals surface area contributed by atoms with Gasteiger partial charge >= 0.3 is 0 Å². The summed E-state index contributed by atoms with van der Waals surface area (Å²) in [6, 6.07) is 9.44. The van der Waals surface area contributed by atoms with Gasteiger partial charge in [-0.2, -0.15) is 0 Å². The third-order valence-electron chi connectivity index (χ3n) is 7.41. The standard InChI is InChI=1S/C29H37Cl2N3O6S/c1-3-25(29(36)32-22-7-4-5-8-22)33(19-20-10-11-21(30)17-24(20)31)28(35)9-6-14-34(41(2,37)38)23-12-13-26-27(18-23)40-16-15-39-26/h10-13,17-18,22,25H,3-9,14-16,19H2,1-2H3,(H,32,36). The molecular formula is C29H37Cl2N3O6S. The van der Waals surface area contributed by atoms with Crippen molar-refractivity contribution in [3.8, 4) is 11.5 Å². The quantitative estimate of drug-likeness (QED) is 0.348. The number of amides is 2. The third-order valence-corrected chi connectivity index (χ3v) is 9.19. The molecule has 2 aromatic carbocycles. The molecule has 2 aliphatic rings. The molecule has 0 radical (unpaired) electrons. The first-order chi connectivity index (χ1) is 19.6. The highest BCUT2D eigenvalue weighted by Crippen LogP contribution is 2.35. The Morgan fingerprint density at radius 2 is 1.76 bits per heavy atom. The molecule has 0 saturated heterocycles. The Balaban J connectivity index is 1.50. The summed E-state index contributed by atoms with van der Waals surface area (Å²) in [5.74, 6) is 0.581. The van der Waals surface area contributed by atoms with Crippen LogP contribution in [0, 0.1) is 0 Å². The Hall–Kier alpha value is -2.69. The molecule has 41 heavy (non-hydrogen) atoms. The van der Waals surface area contributed by atoms with Gasteiger partial charge in [0.2, 0.25) is 21.8 Å². The molecule has 4 rings (SSSR count). The van der Waals surface area contributed by atoms with E-state index in [-0.39, 0.29) is 43.8 Å². The van der Waals surface area contributed by atoms with Crippen molar-refractivity contribution in [2.75, 3.05) is 30.3 Å². The number of benzene rings is 2. The van der Waals surface area contributed by atoms with Gasteiger partial charge < -0.3 is 19.7 Å². The van der Waals surface area contributed by atoms with Gasteiger partial charge in [-0.05, 0) is 55.5 Å². The molecule has 2 aromatic rings. The van der Waals surface area contributed by atoms with Crippen molar-refractivity contribution in [2.45, 2.75) is 70.5 Å². The van der Waals surface area contributed by atoms with Gasteiger partial charge in [0.05, 0.1) is 11.9 Å². The second kappa shape index (κ2) is 14.0. The van der Waals surface area contributed by atoms with Crippen LogP contribution in [-0.4, -0.2) is 63.2 Å². The number of hydrogen-bond acceptors (Lipinski definition) is 6. The van der Waals surface area contributed by atoms with E-state index in [4.69, 9.17) is 32.7 Å². The zero-order valence-corrected chi connectivity index (χ0v) is 25.7. The zero-order chi connectivity index (χ0) is 29.6. The summed E-state index contributed by atoms with van der Waals surface area (Å²) in [7, 11) is -3.65. The Kier molecular flexibility index (Phi) is 10.7. The summed E-state index contributed by atoms with van der Waals surface area (Å²) >= 11 is 12.5. The number of hydrogen-bond donors (Lipinski definition) is 1. The Morgan fingerprint density at radius 3 is 2.41 bits per heavy atom. The predicted molar refractivity (Wildman–Crippen MR) is 160 cm³/mol. The van der Waals surface area contributed by atoms with E-state index in [1.807, 2.05) is 6.92 Å². The van der Waals surface area contributed by atoms with Gasteiger partial charge in [0.25, 0.3) is 0 Å². The molecule has 9 nitrogen and oxygen atoms in total. The Morgan fingerprint density at radius 1 is 1.05 bits per heavy atom. The summed E-state index contributed by atoms with van der Waals surface area (Å²) in [6.45, 7) is 2.88. The second-order valence-electron chi connectivity index (χ2n) is 10.4. The number of nitrogens with zero attached hydrogens (tertiary/aromatic N) is 2. The van der Waals surface area contributed by atoms with Crippen molar-refractivity contribution in [3.05, 3.63) is 52.0 Å². The van der Waals surface area contributed by atoms with Crippen LogP contribution < -0.4 is 19.1 Å². The smallest absolute Gasteiger partial charge is 0.243 e. The number of rotatable bonds is 12. The van der Waals surface area contributed by atoms with E-state index in [1.54, 1.807) is 41.3 Å². The Labute approximate surface area is 252 Å². The monoisotopic (exact) mass is 625 g/mol. The molecule has 1 heterocycles. The minimum atomic E-state index is -3.65. The normalized spacial score (nSPS) is 15.8. The number of fused-ring (bicyclic) bond motifs is 1. The molecule has 1 aliphatic carbocycles. The van der Waals surface area contributed by atoms with E-state index >= 15 is 0 Å². The minimum Gasteiger partial charge on any atom is -0.486 e. The fourth-order valence-electron chi connectivity index (χ4n) is 5.31. The molecule has 1 unspecified atom stereocenters. The van der Waals surface area contributed by atoms with Crippen LogP contribution in [0.1, 0.15) is 57.4 Å². The average molecular weight is 627 g/mol. The van der Waals surface area contributed by atoms with Gasteiger partial charge in [-0.3, -0.25) is 13.9 Å². The lowest BCUT2D eigenvalue weighted by Crippen LogP contribution is -2.51. The molecule has 0 spiro atoms. The highest BCUT2D eigenvalue weighted by molar-refractivity contribution is 7.92. The average Bonchev–Trinajstić information content (AvgIpc) is 3.44. The number of carbonyl (C=O) groups excluding carboxylic acids is 2. The number of sulfonamides is 1. The first kappa shape index (κ1) is 31.3. The fraction of sp³-hybridized carbons (Fsp3) is 0.517. The summed E-state index contributed by atoms with van der Waals surface area (Å²) in [5, 5.41) is 4.00. The van der Waals surface area contributed by atoms with Gasteiger partial charge in [-0.1, -0.05) is 49.0 Å². The first-order valence-electron chi connectivity index (χ1n) is 14.0. The van der Waals surface area contributed by atoms with E-state index in [0.29, 0.717) is 52.4 Å². The van der Waals surface area contributed by atoms with Crippen molar-refractivity contribution in [3.63, 3.8) is 0 Å². The molecule has 12 heteroatoms. The van der Waals surface area contributed by atoms with Crippen molar-refractivity contribution in [1.29, 1.82) is 0 Å². The second-order valence-corrected chi connectivity index (χ2v) is 13.2. The molecule has 1 atom stereocenters. The SMILES string of the molecule is CCC(C(=O)NC1CCCC1)N(Cc1ccc(Cl)cc1Cl)C(=O)CCCN(c1ccc2c(c1)OCCO2)S(C)(=O)=O. The molecule has 0 aromatic heterocycles. The van der Waals surface area contributed by atoms with Crippen LogP contribution in [0.3, 0.4) is 0 Å². The van der Waals surface area contributed by atoms with Crippen molar-refractivity contribution < 1.29 is 27.5 Å². The summed E-state index contributed by atoms with van der Waals surface area (Å²) in [5.41, 5.74) is 1.10. The number of anilines is 1. The topological polar surface area (TPSA) is 105 Å². The van der Waals surface area contributed by atoms with Gasteiger partial charge in [0, 0.05) is 41.7 Å². The number of halogens is 2. The van der Waals surface area contributed by atoms with Crippen LogP contribution >= 0.6 is 23.2 Å². The molecular weight excluding hydrogens is 589 g/mol. The highest BCUT2D eigenvalue weighted by atomic mass is 35.5. The van der Waals surface area contributed by atoms with Crippen LogP contribution in [-0.2, 0) is 26.2 Å². The molecule has 224 valence electrons. The largest absolute Gasteiger partial charge is 0.486 e. The molecule has 0 bridgehead atoms. The van der Waals surface area contributed by atoms with E-state index in [0.717, 1.165) is 31.9 Å². The Bertz CT molecular complexity index is 1350. The lowest BCUT2D eigenvalue weighted by molar-refractivity contribution is -0.141. The van der Waals surface area contributed by atoms with Crippen LogP contribution in [0.25, 0.3) is 0 Å². The van der Waals surface area contributed by atoms with Crippen LogP contribution in [0.15, 0.2) is 36.4 Å². The van der Waals surface area contributed by atoms with E-state index < -0.39 is 16.1 Å². The lowest BCUT2D eigenvalue weighted by Gasteiger charge is -2.32. The summed E-state index contributed by atoms with van der Waals surface area (Å²) < 4.78 is 37.8. The number of nitrogens with one attached hydrogen (secondary N) is 1. The maximum absolute atomic E-state index is 13.7. The van der Waals surface area contributed by atoms with Gasteiger partial charge in [0.1, 0.15) is 19.3 Å². The molecule has 1 fully saturated rings. The minimum absolute atomic E-state index is 0.0367. The van der Waals surface area contributed by atoms with Crippen LogP contribution in [0.5, 0.6) is 11.5 Å². The van der Waals surface area contributed by atoms with Crippen LogP contribution in [0.4, 0.5) is 5.69 Å². The third kappa shape index (κ3) is 8.20. The van der Waals surface area contributed by atoms with E-state index in [2.05, 4.69) is 5.32 Å². The van der Waals surface area contributed by atoms with Crippen molar-refractivity contribution >= 4 is 50.7 Å². The van der Waals surface area contributed by atoms with Gasteiger partial charge in [-0.15, -0.1) is 0 Å². The predicted octanol–water partition coefficient (Wildman–Crippen LogP) is 5.18. The maximum atomic E-state index is 13.7.